The molecule has 0 aliphatic rings. The number of nitrogens with zero attached hydrogens (tertiary/aromatic N) is 4. The highest BCUT2D eigenvalue weighted by Crippen LogP contribution is 2.33. The molecule has 2 N–H and O–H groups in total. The van der Waals surface area contributed by atoms with Crippen LogP contribution in [0.15, 0.2) is 24.8 Å². The summed E-state index contributed by atoms with van der Waals surface area (Å²) in [5, 5.41) is 0.836. The molecule has 0 amide bonds. The van der Waals surface area contributed by atoms with E-state index in [9.17, 15) is 4.79 Å². The molecule has 0 spiro atoms. The summed E-state index contributed by atoms with van der Waals surface area (Å²) in [5.74, 6) is 0.0488. The average molecular weight is 431 g/mol. The minimum Gasteiger partial charge on any atom is -0.480 e. The van der Waals surface area contributed by atoms with Crippen molar-refractivity contribution in [2.75, 3.05) is 18.9 Å². The van der Waals surface area contributed by atoms with Crippen LogP contribution in [0, 0.1) is 0 Å². The van der Waals surface area contributed by atoms with Crippen LogP contribution in [-0.2, 0) is 16.1 Å². The Kier molecular flexibility index (Phi) is 6.20. The van der Waals surface area contributed by atoms with Gasteiger partial charge in [0.15, 0.2) is 18.1 Å². The minimum atomic E-state index is -0.529. The van der Waals surface area contributed by atoms with Crippen LogP contribution < -0.4 is 10.5 Å². The van der Waals surface area contributed by atoms with Gasteiger partial charge < -0.3 is 19.8 Å². The van der Waals surface area contributed by atoms with Crippen LogP contribution in [0.2, 0.25) is 15.1 Å². The Morgan fingerprint density at radius 3 is 2.70 bits per heavy atom. The molecular weight excluding hydrogens is 417 g/mol. The summed E-state index contributed by atoms with van der Waals surface area (Å²) in [6.07, 6.45) is 3.56. The van der Waals surface area contributed by atoms with Crippen molar-refractivity contribution in [3.05, 3.63) is 39.9 Å². The average Bonchev–Trinajstić information content (AvgIpc) is 3.05. The highest BCUT2D eigenvalue weighted by Gasteiger charge is 2.11. The largest absolute Gasteiger partial charge is 0.480 e. The second-order valence-corrected chi connectivity index (χ2v) is 6.65. The fourth-order valence-electron chi connectivity index (χ4n) is 2.28. The van der Waals surface area contributed by atoms with Crippen LogP contribution >= 0.6 is 34.8 Å². The van der Waals surface area contributed by atoms with Gasteiger partial charge in [-0.25, -0.2) is 19.7 Å². The first-order chi connectivity index (χ1) is 13.0. The summed E-state index contributed by atoms with van der Waals surface area (Å²) in [6.45, 7) is 0.465. The molecular formula is C16H14Cl3N5O3. The molecule has 27 heavy (non-hydrogen) atoms. The van der Waals surface area contributed by atoms with Gasteiger partial charge in [0.05, 0.1) is 28.0 Å². The third-order valence-electron chi connectivity index (χ3n) is 3.56. The molecule has 0 saturated heterocycles. The number of nitrogen functional groups attached to an aromatic ring is 1. The van der Waals surface area contributed by atoms with Gasteiger partial charge in [0, 0.05) is 12.6 Å². The van der Waals surface area contributed by atoms with E-state index in [1.165, 1.54) is 18.5 Å². The number of aromatic nitrogens is 4. The number of benzene rings is 1. The third kappa shape index (κ3) is 4.71. The lowest BCUT2D eigenvalue weighted by Gasteiger charge is -2.09. The van der Waals surface area contributed by atoms with Crippen molar-refractivity contribution in [2.24, 2.45) is 0 Å². The van der Waals surface area contributed by atoms with Crippen molar-refractivity contribution in [3.63, 3.8) is 0 Å². The third-order valence-corrected chi connectivity index (χ3v) is 4.57. The lowest BCUT2D eigenvalue weighted by Crippen LogP contribution is -2.16. The topological polar surface area (TPSA) is 105 Å². The van der Waals surface area contributed by atoms with Crippen molar-refractivity contribution in [1.29, 1.82) is 0 Å². The Balaban J connectivity index is 1.44. The predicted molar refractivity (Wildman–Crippen MR) is 102 cm³/mol. The number of fused-ring (bicyclic) bond motifs is 1. The van der Waals surface area contributed by atoms with Crippen LogP contribution in [0.1, 0.15) is 6.42 Å². The number of nitrogens with two attached hydrogens (primary N) is 1. The van der Waals surface area contributed by atoms with Crippen molar-refractivity contribution in [1.82, 2.24) is 19.5 Å². The first-order valence-corrected chi connectivity index (χ1v) is 8.93. The molecule has 3 aromatic rings. The van der Waals surface area contributed by atoms with E-state index in [2.05, 4.69) is 15.0 Å². The number of aryl methyl sites for hydroxylation is 1. The van der Waals surface area contributed by atoms with Gasteiger partial charge in [-0.05, 0) is 12.5 Å². The molecule has 0 bridgehead atoms. The summed E-state index contributed by atoms with van der Waals surface area (Å²) in [6, 6.07) is 2.88. The maximum atomic E-state index is 11.8. The highest BCUT2D eigenvalue weighted by atomic mass is 35.5. The minimum absolute atomic E-state index is 0.206. The Bertz CT molecular complexity index is 979. The molecule has 0 radical (unpaired) electrons. The molecule has 0 aliphatic heterocycles. The molecule has 0 aliphatic carbocycles. The smallest absolute Gasteiger partial charge is 0.344 e. The monoisotopic (exact) mass is 429 g/mol. The van der Waals surface area contributed by atoms with Gasteiger partial charge in [-0.2, -0.15) is 0 Å². The van der Waals surface area contributed by atoms with Crippen LogP contribution in [0.25, 0.3) is 11.2 Å². The van der Waals surface area contributed by atoms with E-state index in [1.54, 1.807) is 6.33 Å². The number of carbonyl (C=O) groups is 1. The summed E-state index contributed by atoms with van der Waals surface area (Å²) in [4.78, 5) is 24.0. The Labute approximate surface area is 169 Å². The number of ether oxygens (including phenoxy) is 2. The van der Waals surface area contributed by atoms with Crippen LogP contribution in [0.3, 0.4) is 0 Å². The molecule has 1 aromatic carbocycles. The number of esters is 1. The molecule has 11 heteroatoms. The summed E-state index contributed by atoms with van der Waals surface area (Å²) >= 11 is 17.7. The SMILES string of the molecule is Nc1ncnc2c1ncn2CCCOC(=O)COc1cc(Cl)c(Cl)cc1Cl. The molecule has 8 nitrogen and oxygen atoms in total. The van der Waals surface area contributed by atoms with Crippen molar-refractivity contribution in [2.45, 2.75) is 13.0 Å². The standard InChI is InChI=1S/C16H14Cl3N5O3/c17-9-4-11(19)12(5-10(9)18)27-6-13(25)26-3-1-2-24-8-23-14-15(20)21-7-22-16(14)24/h4-5,7-8H,1-3,6H2,(H2,20,21,22). The van der Waals surface area contributed by atoms with E-state index in [0.29, 0.717) is 35.0 Å². The number of imidazole rings is 1. The van der Waals surface area contributed by atoms with Crippen molar-refractivity contribution < 1.29 is 14.3 Å². The van der Waals surface area contributed by atoms with E-state index in [1.807, 2.05) is 4.57 Å². The maximum Gasteiger partial charge on any atom is 0.344 e. The fraction of sp³-hybridized carbons (Fsp3) is 0.250. The summed E-state index contributed by atoms with van der Waals surface area (Å²) in [5.41, 5.74) is 6.91. The summed E-state index contributed by atoms with van der Waals surface area (Å²) in [7, 11) is 0. The number of hydrogen-bond acceptors (Lipinski definition) is 7. The van der Waals surface area contributed by atoms with E-state index < -0.39 is 5.97 Å². The zero-order valence-corrected chi connectivity index (χ0v) is 16.1. The zero-order chi connectivity index (χ0) is 19.4. The normalized spacial score (nSPS) is 10.9. The molecule has 0 saturated carbocycles. The number of halogens is 3. The van der Waals surface area contributed by atoms with Gasteiger partial charge in [0.2, 0.25) is 0 Å². The van der Waals surface area contributed by atoms with E-state index in [0.717, 1.165) is 0 Å². The van der Waals surface area contributed by atoms with Gasteiger partial charge in [-0.3, -0.25) is 0 Å². The lowest BCUT2D eigenvalue weighted by atomic mass is 10.3. The van der Waals surface area contributed by atoms with Crippen molar-refractivity contribution >= 4 is 57.8 Å². The predicted octanol–water partition coefficient (Wildman–Crippen LogP) is 3.38. The van der Waals surface area contributed by atoms with Crippen molar-refractivity contribution in [3.8, 4) is 5.75 Å². The molecule has 0 unspecified atom stereocenters. The molecule has 142 valence electrons. The van der Waals surface area contributed by atoms with E-state index in [4.69, 9.17) is 50.0 Å². The Morgan fingerprint density at radius 2 is 1.89 bits per heavy atom. The number of hydrogen-bond donors (Lipinski definition) is 1. The molecule has 2 aromatic heterocycles. The van der Waals surface area contributed by atoms with Gasteiger partial charge >= 0.3 is 5.97 Å². The second kappa shape index (κ2) is 8.60. The van der Waals surface area contributed by atoms with Crippen LogP contribution in [0.4, 0.5) is 5.82 Å². The quantitative estimate of drug-likeness (QED) is 0.348. The van der Waals surface area contributed by atoms with E-state index in [-0.39, 0.29) is 29.0 Å². The first kappa shape index (κ1) is 19.5. The molecule has 3 rings (SSSR count). The van der Waals surface area contributed by atoms with Gasteiger partial charge in [-0.1, -0.05) is 34.8 Å². The second-order valence-electron chi connectivity index (χ2n) is 5.43. The number of rotatable bonds is 7. The number of anilines is 1. The van der Waals surface area contributed by atoms with Gasteiger partial charge in [0.25, 0.3) is 0 Å². The number of carbonyl (C=O) groups excluding carboxylic acids is 1. The van der Waals surface area contributed by atoms with Crippen LogP contribution in [-0.4, -0.2) is 38.7 Å². The van der Waals surface area contributed by atoms with Crippen LogP contribution in [0.5, 0.6) is 5.75 Å². The maximum absolute atomic E-state index is 11.8. The first-order valence-electron chi connectivity index (χ1n) is 7.80. The Hall–Kier alpha value is -2.29. The fourth-order valence-corrected chi connectivity index (χ4v) is 2.87. The van der Waals surface area contributed by atoms with Gasteiger partial charge in [0.1, 0.15) is 17.6 Å². The molecule has 0 atom stereocenters. The molecule has 2 heterocycles. The van der Waals surface area contributed by atoms with E-state index >= 15 is 0 Å². The van der Waals surface area contributed by atoms with Gasteiger partial charge in [-0.15, -0.1) is 0 Å². The highest BCUT2D eigenvalue weighted by molar-refractivity contribution is 6.43. The Morgan fingerprint density at radius 1 is 1.11 bits per heavy atom. The lowest BCUT2D eigenvalue weighted by molar-refractivity contribution is -0.146. The zero-order valence-electron chi connectivity index (χ0n) is 13.9. The molecule has 0 fully saturated rings. The summed E-state index contributed by atoms with van der Waals surface area (Å²) < 4.78 is 12.3.